The molecule has 0 bridgehead atoms. The van der Waals surface area contributed by atoms with Gasteiger partial charge in [-0.25, -0.2) is 0 Å². The summed E-state index contributed by atoms with van der Waals surface area (Å²) in [5, 5.41) is 9.07. The fourth-order valence-corrected chi connectivity index (χ4v) is 4.61. The van der Waals surface area contributed by atoms with Gasteiger partial charge in [0.25, 0.3) is 0 Å². The lowest BCUT2D eigenvalue weighted by Crippen LogP contribution is -2.17. The van der Waals surface area contributed by atoms with Crippen LogP contribution in [0.4, 0.5) is 0 Å². The van der Waals surface area contributed by atoms with Gasteiger partial charge in [-0.2, -0.15) is 0 Å². The van der Waals surface area contributed by atoms with Gasteiger partial charge in [0.15, 0.2) is 0 Å². The Morgan fingerprint density at radius 3 is 1.27 bits per heavy atom. The number of Topliss-reactive ketones (excluding diaryl/α,β-unsaturated/α-hetero) is 2. The third-order valence-corrected chi connectivity index (χ3v) is 7.04. The van der Waals surface area contributed by atoms with Crippen LogP contribution in [0.5, 0.6) is 0 Å². The number of carboxylic acid groups (broad SMARTS) is 1. The second-order valence-corrected chi connectivity index (χ2v) is 10.2. The van der Waals surface area contributed by atoms with E-state index in [1.54, 1.807) is 6.92 Å². The van der Waals surface area contributed by atoms with Gasteiger partial charge in [-0.1, -0.05) is 116 Å². The molecule has 2 atom stereocenters. The lowest BCUT2D eigenvalue weighted by molar-refractivity contribution is -0.141. The van der Waals surface area contributed by atoms with Gasteiger partial charge in [-0.05, 0) is 66.5 Å². The molecule has 0 aliphatic carbocycles. The first-order valence-corrected chi connectivity index (χ1v) is 13.8. The second-order valence-electron chi connectivity index (χ2n) is 10.2. The summed E-state index contributed by atoms with van der Waals surface area (Å²) in [6.07, 6.45) is 2.22. The van der Waals surface area contributed by atoms with E-state index >= 15 is 0 Å². The first-order chi connectivity index (χ1) is 19.3. The third-order valence-electron chi connectivity index (χ3n) is 7.04. The molecule has 206 valence electrons. The maximum Gasteiger partial charge on any atom is 0.306 e. The number of ketones is 2. The molecule has 4 aromatic carbocycles. The van der Waals surface area contributed by atoms with Crippen LogP contribution in [0.2, 0.25) is 0 Å². The Kier molecular flexibility index (Phi) is 11.6. The minimum atomic E-state index is -0.713. The Morgan fingerprint density at radius 2 is 0.950 bits per heavy atom. The van der Waals surface area contributed by atoms with Gasteiger partial charge < -0.3 is 9.90 Å². The number of hydrogen-bond donors (Lipinski definition) is 1. The SMILES string of the molecule is CC(=O)C[C@H](Cc1ccc(-c2ccccc2)cc1)C(C)=O.CC[C@H](Cc1ccc(-c2ccccc2)cc1)C(=O)O. The molecule has 4 nitrogen and oxygen atoms in total. The van der Waals surface area contributed by atoms with Gasteiger partial charge in [-0.3, -0.25) is 9.59 Å². The van der Waals surface area contributed by atoms with Crippen LogP contribution in [0, 0.1) is 11.8 Å². The third kappa shape index (κ3) is 9.46. The Hall–Kier alpha value is -4.31. The van der Waals surface area contributed by atoms with Crippen molar-refractivity contribution in [3.8, 4) is 22.3 Å². The summed E-state index contributed by atoms with van der Waals surface area (Å²) in [5.74, 6) is -1.06. The fraction of sp³-hybridized carbons (Fsp3) is 0.250. The molecule has 0 saturated carbocycles. The van der Waals surface area contributed by atoms with E-state index in [1.165, 1.54) is 18.1 Å². The van der Waals surface area contributed by atoms with Gasteiger partial charge in [0.05, 0.1) is 5.92 Å². The van der Waals surface area contributed by atoms with E-state index in [4.69, 9.17) is 5.11 Å². The number of aliphatic carboxylic acids is 1. The van der Waals surface area contributed by atoms with Crippen LogP contribution in [-0.4, -0.2) is 22.6 Å². The second kappa shape index (κ2) is 15.3. The van der Waals surface area contributed by atoms with Crippen molar-refractivity contribution < 1.29 is 19.5 Å². The number of rotatable bonds is 11. The molecule has 0 saturated heterocycles. The molecule has 0 aromatic heterocycles. The molecule has 4 heteroatoms. The van der Waals surface area contributed by atoms with Crippen molar-refractivity contribution in [2.45, 2.75) is 46.5 Å². The lowest BCUT2D eigenvalue weighted by Gasteiger charge is -2.12. The van der Waals surface area contributed by atoms with E-state index in [1.807, 2.05) is 67.6 Å². The summed E-state index contributed by atoms with van der Waals surface area (Å²) >= 11 is 0. The molecule has 0 unspecified atom stereocenters. The minimum absolute atomic E-state index is 0.0658. The highest BCUT2D eigenvalue weighted by molar-refractivity contribution is 5.85. The quantitative estimate of drug-likeness (QED) is 0.211. The van der Waals surface area contributed by atoms with Crippen molar-refractivity contribution >= 4 is 17.5 Å². The predicted molar refractivity (Wildman–Crippen MR) is 162 cm³/mol. The Morgan fingerprint density at radius 1 is 0.575 bits per heavy atom. The van der Waals surface area contributed by atoms with E-state index in [0.717, 1.165) is 22.3 Å². The maximum absolute atomic E-state index is 11.6. The molecule has 1 N–H and O–H groups in total. The summed E-state index contributed by atoms with van der Waals surface area (Å²) < 4.78 is 0. The fourth-order valence-electron chi connectivity index (χ4n) is 4.61. The van der Waals surface area contributed by atoms with Gasteiger partial charge >= 0.3 is 5.97 Å². The summed E-state index contributed by atoms with van der Waals surface area (Å²) in [6, 6.07) is 36.7. The molecule has 0 heterocycles. The minimum Gasteiger partial charge on any atom is -0.481 e. The zero-order valence-corrected chi connectivity index (χ0v) is 23.5. The van der Waals surface area contributed by atoms with E-state index in [2.05, 4.69) is 48.5 Å². The number of benzene rings is 4. The van der Waals surface area contributed by atoms with Gasteiger partial charge in [-0.15, -0.1) is 0 Å². The molecule has 0 radical (unpaired) electrons. The van der Waals surface area contributed by atoms with Crippen LogP contribution in [-0.2, 0) is 27.2 Å². The standard InChI is InChI=1S/C19H20O2.C17H18O2/c1-14(20)12-19(15(2)21)13-16-8-10-18(11-9-16)17-6-4-3-5-7-17;1-2-14(17(18)19)12-13-8-10-16(11-9-13)15-6-4-3-5-7-15/h3-11,19H,12-13H2,1-2H3;3-11,14H,2,12H2,1H3,(H,18,19)/t19-;14-/m11/s1. The van der Waals surface area contributed by atoms with E-state index in [0.29, 0.717) is 25.7 Å². The Bertz CT molecular complexity index is 1360. The molecule has 0 aliphatic rings. The van der Waals surface area contributed by atoms with Crippen LogP contribution in [0.15, 0.2) is 109 Å². The van der Waals surface area contributed by atoms with Crippen LogP contribution in [0.25, 0.3) is 22.3 Å². The number of carbonyl (C=O) groups excluding carboxylic acids is 2. The van der Waals surface area contributed by atoms with Gasteiger partial charge in [0.1, 0.15) is 11.6 Å². The summed E-state index contributed by atoms with van der Waals surface area (Å²) in [7, 11) is 0. The van der Waals surface area contributed by atoms with Crippen molar-refractivity contribution in [1.82, 2.24) is 0 Å². The zero-order valence-electron chi connectivity index (χ0n) is 23.5. The van der Waals surface area contributed by atoms with E-state index in [9.17, 15) is 14.4 Å². The summed E-state index contributed by atoms with van der Waals surface area (Å²) in [6.45, 7) is 5.01. The van der Waals surface area contributed by atoms with Crippen LogP contribution >= 0.6 is 0 Å². The smallest absolute Gasteiger partial charge is 0.306 e. The van der Waals surface area contributed by atoms with Crippen molar-refractivity contribution in [3.05, 3.63) is 120 Å². The highest BCUT2D eigenvalue weighted by atomic mass is 16.4. The molecule has 4 rings (SSSR count). The normalized spacial score (nSPS) is 12.0. The maximum atomic E-state index is 11.6. The van der Waals surface area contributed by atoms with Crippen molar-refractivity contribution in [2.24, 2.45) is 11.8 Å². The number of carboxylic acids is 1. The van der Waals surface area contributed by atoms with Crippen LogP contribution in [0.3, 0.4) is 0 Å². The zero-order chi connectivity index (χ0) is 28.9. The molecular weight excluding hydrogens is 496 g/mol. The highest BCUT2D eigenvalue weighted by Gasteiger charge is 2.17. The van der Waals surface area contributed by atoms with Gasteiger partial charge in [0, 0.05) is 12.3 Å². The molecule has 0 aliphatic heterocycles. The van der Waals surface area contributed by atoms with Crippen LogP contribution in [0.1, 0.15) is 44.7 Å². The van der Waals surface area contributed by atoms with Crippen molar-refractivity contribution in [3.63, 3.8) is 0 Å². The molecule has 0 fully saturated rings. The van der Waals surface area contributed by atoms with E-state index in [-0.39, 0.29) is 23.4 Å². The average Bonchev–Trinajstić information content (AvgIpc) is 2.97. The summed E-state index contributed by atoms with van der Waals surface area (Å²) in [5.41, 5.74) is 6.85. The summed E-state index contributed by atoms with van der Waals surface area (Å²) in [4.78, 5) is 33.9. The first-order valence-electron chi connectivity index (χ1n) is 13.8. The number of hydrogen-bond acceptors (Lipinski definition) is 3. The highest BCUT2D eigenvalue weighted by Crippen LogP contribution is 2.22. The largest absolute Gasteiger partial charge is 0.481 e. The first kappa shape index (κ1) is 30.2. The Balaban J connectivity index is 0.000000222. The average molecular weight is 535 g/mol. The molecule has 0 amide bonds. The monoisotopic (exact) mass is 534 g/mol. The van der Waals surface area contributed by atoms with E-state index < -0.39 is 5.97 Å². The molecule has 40 heavy (non-hydrogen) atoms. The van der Waals surface area contributed by atoms with Crippen molar-refractivity contribution in [2.75, 3.05) is 0 Å². The lowest BCUT2D eigenvalue weighted by atomic mass is 9.91. The Labute approximate surface area is 237 Å². The number of carbonyl (C=O) groups is 3. The molecular formula is C36H38O4. The topological polar surface area (TPSA) is 71.4 Å². The van der Waals surface area contributed by atoms with Crippen molar-refractivity contribution in [1.29, 1.82) is 0 Å². The molecule has 0 spiro atoms. The van der Waals surface area contributed by atoms with Crippen LogP contribution < -0.4 is 0 Å². The predicted octanol–water partition coefficient (Wildman–Crippen LogP) is 8.09. The molecule has 4 aromatic rings. The van der Waals surface area contributed by atoms with Gasteiger partial charge in [0.2, 0.25) is 0 Å².